The molecule has 1 nitrogen and oxygen atoms in total. The third-order valence-corrected chi connectivity index (χ3v) is 0.667. The van der Waals surface area contributed by atoms with Gasteiger partial charge in [-0.1, -0.05) is 86.4 Å². The molecule has 0 radical (unpaired) electrons. The molecule has 0 aliphatic rings. The second-order valence-electron chi connectivity index (χ2n) is 1.47. The van der Waals surface area contributed by atoms with Gasteiger partial charge in [-0.3, -0.25) is 0 Å². The van der Waals surface area contributed by atoms with Crippen LogP contribution in [0.1, 0.15) is 56.9 Å². The van der Waals surface area contributed by atoms with Crippen molar-refractivity contribution in [2.75, 3.05) is 6.61 Å². The summed E-state index contributed by atoms with van der Waals surface area (Å²) in [4.78, 5) is 0. The predicted molar refractivity (Wildman–Crippen MR) is 82.1 cm³/mol. The van der Waals surface area contributed by atoms with Gasteiger partial charge >= 0.3 is 0 Å². The summed E-state index contributed by atoms with van der Waals surface area (Å²) < 4.78 is 0. The van der Waals surface area contributed by atoms with E-state index in [4.69, 9.17) is 5.11 Å². The average molecular weight is 232 g/mol. The first-order valence-electron chi connectivity index (χ1n) is 5.02. The zero-order valence-corrected chi connectivity index (χ0v) is 9.62. The Morgan fingerprint density at radius 1 is 0.625 bits per heavy atom. The van der Waals surface area contributed by atoms with Crippen LogP contribution in [0.25, 0.3) is 0 Å². The number of aliphatic hydroxyl groups excluding tert-OH is 1. The normalized spacial score (nSPS) is 4.88. The maximum Gasteiger partial charge on any atom is 0.0402 e. The van der Waals surface area contributed by atoms with Crippen LogP contribution in [0.5, 0.6) is 0 Å². The molecule has 1 aromatic carbocycles. The number of hydrogen-bond donors (Lipinski definition) is 1. The largest absolute Gasteiger partial charge is 0.397 e. The smallest absolute Gasteiger partial charge is 0.0402 e. The molecule has 1 heteroatoms. The highest BCUT2D eigenvalue weighted by molar-refractivity contribution is 4.99. The zero-order chi connectivity index (χ0) is 10.9. The lowest BCUT2D eigenvalue weighted by atomic mass is 10.4. The lowest BCUT2D eigenvalue weighted by Gasteiger charge is -1.69. The molecule has 1 aromatic rings. The van der Waals surface area contributed by atoms with Crippen LogP contribution in [0.4, 0.5) is 0 Å². The van der Waals surface area contributed by atoms with Crippen LogP contribution in [0.3, 0.4) is 0 Å². The standard InChI is InChI=1S/C6H6.C2H6O.2C2H6.3CH4/c1-2-4-6-5-3-1;1-2-3;2*1-2;;;/h1-6H;3H,2H2,1H3;2*1-2H3;3*1H4. The molecule has 0 saturated heterocycles. The summed E-state index contributed by atoms with van der Waals surface area (Å²) in [5, 5.41) is 7.57. The molecule has 102 valence electrons. The highest BCUT2D eigenvalue weighted by Gasteiger charge is 1.57. The van der Waals surface area contributed by atoms with Crippen LogP contribution >= 0.6 is 0 Å². The van der Waals surface area contributed by atoms with E-state index in [2.05, 4.69) is 0 Å². The topological polar surface area (TPSA) is 20.2 Å². The summed E-state index contributed by atoms with van der Waals surface area (Å²) in [6.07, 6.45) is 0. The number of benzene rings is 1. The van der Waals surface area contributed by atoms with Crippen LogP contribution in [0, 0.1) is 0 Å². The van der Waals surface area contributed by atoms with E-state index >= 15 is 0 Å². The molecule has 1 N–H and O–H groups in total. The summed E-state index contributed by atoms with van der Waals surface area (Å²) in [6.45, 7) is 9.93. The van der Waals surface area contributed by atoms with Crippen molar-refractivity contribution in [3.05, 3.63) is 36.4 Å². The van der Waals surface area contributed by atoms with Crippen molar-refractivity contribution in [2.45, 2.75) is 56.9 Å². The lowest BCUT2D eigenvalue weighted by Crippen LogP contribution is -1.57. The molecule has 0 heterocycles. The van der Waals surface area contributed by atoms with E-state index < -0.39 is 0 Å². The zero-order valence-electron chi connectivity index (χ0n) is 9.62. The summed E-state index contributed by atoms with van der Waals surface area (Å²) in [7, 11) is 0. The van der Waals surface area contributed by atoms with Crippen LogP contribution in [-0.2, 0) is 0 Å². The van der Waals surface area contributed by atoms with Gasteiger partial charge in [0.1, 0.15) is 0 Å². The van der Waals surface area contributed by atoms with Crippen molar-refractivity contribution < 1.29 is 5.11 Å². The highest BCUT2D eigenvalue weighted by atomic mass is 16.2. The van der Waals surface area contributed by atoms with E-state index in [1.165, 1.54) is 0 Å². The van der Waals surface area contributed by atoms with Crippen LogP contribution in [0.2, 0.25) is 0 Å². The summed E-state index contributed by atoms with van der Waals surface area (Å²) in [5.74, 6) is 0. The Bertz CT molecular complexity index is 88.3. The Hall–Kier alpha value is -0.820. The molecule has 1 rings (SSSR count). The van der Waals surface area contributed by atoms with E-state index in [0.29, 0.717) is 0 Å². The second-order valence-corrected chi connectivity index (χ2v) is 1.47. The molecule has 0 aliphatic heterocycles. The van der Waals surface area contributed by atoms with Crippen LogP contribution in [0.15, 0.2) is 36.4 Å². The van der Waals surface area contributed by atoms with E-state index in [9.17, 15) is 0 Å². The first-order valence-corrected chi connectivity index (χ1v) is 5.02. The third kappa shape index (κ3) is 72.9. The number of aliphatic hydroxyl groups is 1. The fourth-order valence-electron chi connectivity index (χ4n) is 0.385. The highest BCUT2D eigenvalue weighted by Crippen LogP contribution is 1.79. The van der Waals surface area contributed by atoms with Gasteiger partial charge < -0.3 is 5.11 Å². The summed E-state index contributed by atoms with van der Waals surface area (Å²) in [6, 6.07) is 12.0. The van der Waals surface area contributed by atoms with Crippen molar-refractivity contribution in [1.82, 2.24) is 0 Å². The monoisotopic (exact) mass is 232 g/mol. The molecule has 0 spiro atoms. The number of rotatable bonds is 0. The molecule has 0 aliphatic carbocycles. The van der Waals surface area contributed by atoms with E-state index in [1.807, 2.05) is 64.1 Å². The van der Waals surface area contributed by atoms with E-state index in [0.717, 1.165) is 0 Å². The first kappa shape index (κ1) is 36.2. The number of hydrogen-bond acceptors (Lipinski definition) is 1. The van der Waals surface area contributed by atoms with Gasteiger partial charge in [0.15, 0.2) is 0 Å². The molecule has 16 heavy (non-hydrogen) atoms. The van der Waals surface area contributed by atoms with Gasteiger partial charge in [0.25, 0.3) is 0 Å². The molecule has 0 fully saturated rings. The molecular formula is C15H36O. The van der Waals surface area contributed by atoms with Crippen molar-refractivity contribution >= 4 is 0 Å². The Morgan fingerprint density at radius 3 is 0.750 bits per heavy atom. The molecule has 0 bridgehead atoms. The second kappa shape index (κ2) is 64.5. The molecule has 0 saturated carbocycles. The van der Waals surface area contributed by atoms with Gasteiger partial charge in [-0.2, -0.15) is 0 Å². The van der Waals surface area contributed by atoms with Gasteiger partial charge in [-0.05, 0) is 6.92 Å². The first-order chi connectivity index (χ1) is 6.41. The quantitative estimate of drug-likeness (QED) is 0.613. The summed E-state index contributed by atoms with van der Waals surface area (Å²) in [5.41, 5.74) is 0. The maximum absolute atomic E-state index is 7.57. The Kier molecular flexibility index (Phi) is 146. The SMILES string of the molecule is C.C.C.CC.CC.CCO.c1ccccc1. The Balaban J connectivity index is -0.0000000224. The molecule has 0 aromatic heterocycles. The van der Waals surface area contributed by atoms with Gasteiger partial charge in [-0.25, -0.2) is 0 Å². The van der Waals surface area contributed by atoms with Gasteiger partial charge in [-0.15, -0.1) is 0 Å². The predicted octanol–water partition coefficient (Wildman–Crippen LogP) is 5.65. The van der Waals surface area contributed by atoms with Crippen molar-refractivity contribution in [3.63, 3.8) is 0 Å². The fourth-order valence-corrected chi connectivity index (χ4v) is 0.385. The third-order valence-electron chi connectivity index (χ3n) is 0.667. The summed E-state index contributed by atoms with van der Waals surface area (Å²) >= 11 is 0. The van der Waals surface area contributed by atoms with Crippen LogP contribution in [-0.4, -0.2) is 11.7 Å². The molecule has 0 amide bonds. The Labute approximate surface area is 106 Å². The van der Waals surface area contributed by atoms with Gasteiger partial charge in [0.05, 0.1) is 0 Å². The van der Waals surface area contributed by atoms with Crippen molar-refractivity contribution in [1.29, 1.82) is 0 Å². The van der Waals surface area contributed by atoms with Crippen molar-refractivity contribution in [3.8, 4) is 0 Å². The lowest BCUT2D eigenvalue weighted by molar-refractivity contribution is 0.318. The molecule has 0 unspecified atom stereocenters. The van der Waals surface area contributed by atoms with Gasteiger partial charge in [0.2, 0.25) is 0 Å². The Morgan fingerprint density at radius 2 is 0.688 bits per heavy atom. The minimum absolute atomic E-state index is 0. The molecule has 0 atom stereocenters. The van der Waals surface area contributed by atoms with E-state index in [-0.39, 0.29) is 28.9 Å². The average Bonchev–Trinajstić information content (AvgIpc) is 2.27. The maximum atomic E-state index is 7.57. The van der Waals surface area contributed by atoms with Crippen LogP contribution < -0.4 is 0 Å². The van der Waals surface area contributed by atoms with Gasteiger partial charge in [0, 0.05) is 6.61 Å². The van der Waals surface area contributed by atoms with Crippen molar-refractivity contribution in [2.24, 2.45) is 0 Å². The fraction of sp³-hybridized carbons (Fsp3) is 0.600. The minimum Gasteiger partial charge on any atom is -0.397 e. The minimum atomic E-state index is 0. The molecular weight excluding hydrogens is 196 g/mol. The van der Waals surface area contributed by atoms with E-state index in [1.54, 1.807) is 6.92 Å².